The first-order chi connectivity index (χ1) is 11.1. The van der Waals surface area contributed by atoms with Crippen LogP contribution >= 0.6 is 0 Å². The number of carbonyl (C=O) groups is 1. The molecule has 2 N–H and O–H groups in total. The molecule has 3 aromatic rings. The van der Waals surface area contributed by atoms with E-state index in [1.807, 2.05) is 0 Å². The molecule has 0 bridgehead atoms. The van der Waals surface area contributed by atoms with Crippen molar-refractivity contribution in [2.24, 2.45) is 0 Å². The second-order valence-electron chi connectivity index (χ2n) is 4.34. The number of hydrogen-bond acceptors (Lipinski definition) is 5. The molecule has 1 amide bonds. The number of amides is 1. The van der Waals surface area contributed by atoms with E-state index in [0.29, 0.717) is 11.6 Å². The SMILES string of the molecule is O=C(Nc1n[nH]c(-c2ccco2)n1)c1ccc(OC(F)F)cc1. The molecule has 1 aromatic carbocycles. The smallest absolute Gasteiger partial charge is 0.387 e. The van der Waals surface area contributed by atoms with E-state index in [0.717, 1.165) is 0 Å². The molecule has 2 aromatic heterocycles. The molecule has 0 saturated heterocycles. The van der Waals surface area contributed by atoms with Gasteiger partial charge < -0.3 is 9.15 Å². The fourth-order valence-corrected chi connectivity index (χ4v) is 1.80. The molecule has 0 aliphatic heterocycles. The summed E-state index contributed by atoms with van der Waals surface area (Å²) in [6, 6.07) is 8.63. The summed E-state index contributed by atoms with van der Waals surface area (Å²) in [7, 11) is 0. The molecule has 9 heteroatoms. The van der Waals surface area contributed by atoms with Gasteiger partial charge in [-0.15, -0.1) is 5.10 Å². The highest BCUT2D eigenvalue weighted by molar-refractivity contribution is 6.03. The number of hydrogen-bond donors (Lipinski definition) is 2. The second-order valence-corrected chi connectivity index (χ2v) is 4.34. The fourth-order valence-electron chi connectivity index (χ4n) is 1.80. The summed E-state index contributed by atoms with van der Waals surface area (Å²) in [5, 5.41) is 8.94. The van der Waals surface area contributed by atoms with Gasteiger partial charge in [0.05, 0.1) is 6.26 Å². The maximum Gasteiger partial charge on any atom is 0.387 e. The van der Waals surface area contributed by atoms with Crippen LogP contribution in [0.15, 0.2) is 47.1 Å². The predicted molar refractivity (Wildman–Crippen MR) is 75.1 cm³/mol. The van der Waals surface area contributed by atoms with Crippen molar-refractivity contribution in [2.75, 3.05) is 5.32 Å². The molecular weight excluding hydrogens is 310 g/mol. The van der Waals surface area contributed by atoms with Gasteiger partial charge in [-0.25, -0.2) is 0 Å². The van der Waals surface area contributed by atoms with Crippen LogP contribution in [-0.2, 0) is 0 Å². The second kappa shape index (κ2) is 6.26. The minimum absolute atomic E-state index is 0.0328. The Bertz CT molecular complexity index is 785. The number of rotatable bonds is 5. The van der Waals surface area contributed by atoms with Crippen molar-refractivity contribution < 1.29 is 22.7 Å². The lowest BCUT2D eigenvalue weighted by Gasteiger charge is -2.05. The Hall–Kier alpha value is -3.23. The Morgan fingerprint density at radius 2 is 2.04 bits per heavy atom. The molecule has 0 saturated carbocycles. The van der Waals surface area contributed by atoms with Crippen molar-refractivity contribution in [3.63, 3.8) is 0 Å². The first-order valence-electron chi connectivity index (χ1n) is 6.44. The summed E-state index contributed by atoms with van der Waals surface area (Å²) in [5.41, 5.74) is 0.246. The van der Waals surface area contributed by atoms with Crippen molar-refractivity contribution in [3.8, 4) is 17.3 Å². The van der Waals surface area contributed by atoms with Crippen LogP contribution in [0.2, 0.25) is 0 Å². The first kappa shape index (κ1) is 14.7. The highest BCUT2D eigenvalue weighted by Gasteiger charge is 2.12. The van der Waals surface area contributed by atoms with E-state index in [4.69, 9.17) is 4.42 Å². The van der Waals surface area contributed by atoms with Gasteiger partial charge in [0.2, 0.25) is 5.95 Å². The van der Waals surface area contributed by atoms with E-state index in [-0.39, 0.29) is 17.3 Å². The van der Waals surface area contributed by atoms with Crippen LogP contribution in [0.3, 0.4) is 0 Å². The monoisotopic (exact) mass is 320 g/mol. The fraction of sp³-hybridized carbons (Fsp3) is 0.0714. The number of nitrogens with one attached hydrogen (secondary N) is 2. The van der Waals surface area contributed by atoms with Crippen LogP contribution in [0.4, 0.5) is 14.7 Å². The number of carbonyl (C=O) groups excluding carboxylic acids is 1. The van der Waals surface area contributed by atoms with Crippen LogP contribution in [0.25, 0.3) is 11.6 Å². The molecule has 3 rings (SSSR count). The summed E-state index contributed by atoms with van der Waals surface area (Å²) in [5.74, 6) is 0.389. The number of furan rings is 1. The van der Waals surface area contributed by atoms with Gasteiger partial charge in [0.15, 0.2) is 11.6 Å². The summed E-state index contributed by atoms with van der Waals surface area (Å²) in [4.78, 5) is 16.1. The third kappa shape index (κ3) is 3.51. The molecule has 0 fully saturated rings. The van der Waals surface area contributed by atoms with Gasteiger partial charge in [0, 0.05) is 5.56 Å². The van der Waals surface area contributed by atoms with E-state index >= 15 is 0 Å². The predicted octanol–water partition coefficient (Wildman–Crippen LogP) is 2.92. The lowest BCUT2D eigenvalue weighted by atomic mass is 10.2. The number of aromatic amines is 1. The average Bonchev–Trinajstić information content (AvgIpc) is 3.18. The maximum absolute atomic E-state index is 12.1. The lowest BCUT2D eigenvalue weighted by molar-refractivity contribution is -0.0498. The van der Waals surface area contributed by atoms with Crippen molar-refractivity contribution in [1.29, 1.82) is 0 Å². The van der Waals surface area contributed by atoms with E-state index in [1.165, 1.54) is 30.5 Å². The molecule has 118 valence electrons. The van der Waals surface area contributed by atoms with Crippen molar-refractivity contribution in [1.82, 2.24) is 15.2 Å². The minimum Gasteiger partial charge on any atom is -0.461 e. The Morgan fingerprint density at radius 1 is 1.26 bits per heavy atom. The van der Waals surface area contributed by atoms with Gasteiger partial charge in [-0.2, -0.15) is 13.8 Å². The molecule has 0 aliphatic rings. The van der Waals surface area contributed by atoms with Crippen LogP contribution in [-0.4, -0.2) is 27.7 Å². The zero-order valence-electron chi connectivity index (χ0n) is 11.5. The molecule has 23 heavy (non-hydrogen) atoms. The van der Waals surface area contributed by atoms with Gasteiger partial charge in [-0.1, -0.05) is 0 Å². The number of nitrogens with zero attached hydrogens (tertiary/aromatic N) is 2. The maximum atomic E-state index is 12.1. The minimum atomic E-state index is -2.91. The standard InChI is InChI=1S/C14H10F2N4O3/c15-13(16)23-9-5-3-8(4-6-9)12(21)18-14-17-11(19-20-14)10-2-1-7-22-10/h1-7,13H,(H2,17,18,19,20,21). The number of ether oxygens (including phenoxy) is 1. The summed E-state index contributed by atoms with van der Waals surface area (Å²) in [6.45, 7) is -2.91. The van der Waals surface area contributed by atoms with Crippen LogP contribution < -0.4 is 10.1 Å². The Labute approximate surface area is 128 Å². The van der Waals surface area contributed by atoms with E-state index in [2.05, 4.69) is 25.2 Å². The van der Waals surface area contributed by atoms with Crippen LogP contribution in [0.5, 0.6) is 5.75 Å². The number of H-pyrrole nitrogens is 1. The largest absolute Gasteiger partial charge is 0.461 e. The molecule has 0 aliphatic carbocycles. The quantitative estimate of drug-likeness (QED) is 0.754. The third-order valence-corrected chi connectivity index (χ3v) is 2.81. The molecule has 0 spiro atoms. The van der Waals surface area contributed by atoms with Crippen molar-refractivity contribution in [3.05, 3.63) is 48.2 Å². The molecule has 0 atom stereocenters. The topological polar surface area (TPSA) is 93.0 Å². The average molecular weight is 320 g/mol. The van der Waals surface area contributed by atoms with Gasteiger partial charge in [-0.3, -0.25) is 15.2 Å². The highest BCUT2D eigenvalue weighted by Crippen LogP contribution is 2.17. The van der Waals surface area contributed by atoms with E-state index in [9.17, 15) is 13.6 Å². The van der Waals surface area contributed by atoms with E-state index in [1.54, 1.807) is 12.1 Å². The van der Waals surface area contributed by atoms with Crippen LogP contribution in [0.1, 0.15) is 10.4 Å². The first-order valence-corrected chi connectivity index (χ1v) is 6.44. The number of benzene rings is 1. The number of anilines is 1. The van der Waals surface area contributed by atoms with Crippen molar-refractivity contribution >= 4 is 11.9 Å². The summed E-state index contributed by atoms with van der Waals surface area (Å²) >= 11 is 0. The normalized spacial score (nSPS) is 10.7. The molecule has 0 unspecified atom stereocenters. The zero-order chi connectivity index (χ0) is 16.2. The summed E-state index contributed by atoms with van der Waals surface area (Å²) < 4.78 is 33.5. The van der Waals surface area contributed by atoms with Crippen LogP contribution in [0, 0.1) is 0 Å². The number of alkyl halides is 2. The van der Waals surface area contributed by atoms with Gasteiger partial charge in [0.1, 0.15) is 5.75 Å². The molecular formula is C14H10F2N4O3. The van der Waals surface area contributed by atoms with Crippen molar-refractivity contribution in [2.45, 2.75) is 6.61 Å². The Kier molecular flexibility index (Phi) is 4.00. The Morgan fingerprint density at radius 3 is 2.70 bits per heavy atom. The summed E-state index contributed by atoms with van der Waals surface area (Å²) in [6.07, 6.45) is 1.49. The number of aromatic nitrogens is 3. The molecule has 0 radical (unpaired) electrons. The van der Waals surface area contributed by atoms with Gasteiger partial charge in [-0.05, 0) is 36.4 Å². The third-order valence-electron chi connectivity index (χ3n) is 2.81. The van der Waals surface area contributed by atoms with E-state index < -0.39 is 12.5 Å². The van der Waals surface area contributed by atoms with Gasteiger partial charge >= 0.3 is 6.61 Å². The highest BCUT2D eigenvalue weighted by atomic mass is 19.3. The Balaban J connectivity index is 1.67. The number of halogens is 2. The zero-order valence-corrected chi connectivity index (χ0v) is 11.5. The molecule has 2 heterocycles. The molecule has 7 nitrogen and oxygen atoms in total. The van der Waals surface area contributed by atoms with Gasteiger partial charge in [0.25, 0.3) is 5.91 Å². The lowest BCUT2D eigenvalue weighted by Crippen LogP contribution is -2.13.